The summed E-state index contributed by atoms with van der Waals surface area (Å²) in [5, 5.41) is 9.45. The van der Waals surface area contributed by atoms with E-state index in [1.165, 1.54) is 4.31 Å². The molecule has 2 unspecified atom stereocenters. The quantitative estimate of drug-likeness (QED) is 0.658. The van der Waals surface area contributed by atoms with Crippen molar-refractivity contribution < 1.29 is 17.9 Å². The Labute approximate surface area is 82.8 Å². The minimum absolute atomic E-state index is 0.00488. The first-order valence-electron chi connectivity index (χ1n) is 4.67. The molecular weight excluding hydrogens is 209 g/mol. The molecular formula is C8H14FNO3S. The molecule has 0 amide bonds. The van der Waals surface area contributed by atoms with Gasteiger partial charge < -0.3 is 5.11 Å². The van der Waals surface area contributed by atoms with Crippen molar-refractivity contribution in [2.24, 2.45) is 11.8 Å². The Hall–Kier alpha value is -0.200. The van der Waals surface area contributed by atoms with Crippen molar-refractivity contribution in [2.45, 2.75) is 18.7 Å². The zero-order chi connectivity index (χ0) is 10.5. The van der Waals surface area contributed by atoms with Crippen LogP contribution in [0.15, 0.2) is 0 Å². The summed E-state index contributed by atoms with van der Waals surface area (Å²) in [6, 6.07) is 0. The zero-order valence-electron chi connectivity index (χ0n) is 7.93. The summed E-state index contributed by atoms with van der Waals surface area (Å²) in [7, 11) is -3.19. The van der Waals surface area contributed by atoms with Crippen LogP contribution in [0.4, 0.5) is 4.39 Å². The Kier molecular flexibility index (Phi) is 2.32. The summed E-state index contributed by atoms with van der Waals surface area (Å²) >= 11 is 0. The highest BCUT2D eigenvalue weighted by Crippen LogP contribution is 2.40. The van der Waals surface area contributed by atoms with E-state index in [9.17, 15) is 17.9 Å². The van der Waals surface area contributed by atoms with Crippen LogP contribution in [0, 0.1) is 11.8 Å². The lowest BCUT2D eigenvalue weighted by molar-refractivity contribution is 0.0680. The number of hydrogen-bond donors (Lipinski definition) is 1. The van der Waals surface area contributed by atoms with Crippen molar-refractivity contribution in [1.29, 1.82) is 0 Å². The molecule has 1 N–H and O–H groups in total. The predicted octanol–water partition coefficient (Wildman–Crippen LogP) is -0.403. The number of aliphatic hydroxyl groups is 1. The maximum atomic E-state index is 13.0. The van der Waals surface area contributed by atoms with Crippen LogP contribution in [0.1, 0.15) is 6.42 Å². The second-order valence-corrected chi connectivity index (χ2v) is 6.23. The lowest BCUT2D eigenvalue weighted by atomic mass is 10.00. The fraction of sp³-hybridized carbons (Fsp3) is 1.00. The molecule has 0 bridgehead atoms. The number of rotatable bonds is 1. The monoisotopic (exact) mass is 223 g/mol. The van der Waals surface area contributed by atoms with Gasteiger partial charge in [0.05, 0.1) is 12.4 Å². The van der Waals surface area contributed by atoms with E-state index in [-0.39, 0.29) is 24.8 Å². The van der Waals surface area contributed by atoms with Crippen LogP contribution in [0.2, 0.25) is 0 Å². The molecule has 4 atom stereocenters. The van der Waals surface area contributed by atoms with Crippen molar-refractivity contribution in [3.63, 3.8) is 0 Å². The highest BCUT2D eigenvalue weighted by Gasteiger charge is 2.49. The van der Waals surface area contributed by atoms with Gasteiger partial charge in [0.2, 0.25) is 10.0 Å². The van der Waals surface area contributed by atoms with Crippen LogP contribution < -0.4 is 0 Å². The molecule has 0 radical (unpaired) electrons. The summed E-state index contributed by atoms with van der Waals surface area (Å²) in [6.45, 7) is 0.631. The van der Waals surface area contributed by atoms with Crippen molar-refractivity contribution in [3.8, 4) is 0 Å². The van der Waals surface area contributed by atoms with E-state index in [0.717, 1.165) is 6.26 Å². The molecule has 1 saturated heterocycles. The van der Waals surface area contributed by atoms with Crippen LogP contribution in [-0.2, 0) is 10.0 Å². The lowest BCUT2D eigenvalue weighted by Gasteiger charge is -2.16. The van der Waals surface area contributed by atoms with Gasteiger partial charge in [-0.3, -0.25) is 0 Å². The first-order valence-corrected chi connectivity index (χ1v) is 6.51. The number of halogens is 1. The predicted molar refractivity (Wildman–Crippen MR) is 48.9 cm³/mol. The average Bonchev–Trinajstić information content (AvgIpc) is 2.54. The Morgan fingerprint density at radius 1 is 1.43 bits per heavy atom. The van der Waals surface area contributed by atoms with Gasteiger partial charge in [-0.25, -0.2) is 17.1 Å². The Bertz CT molecular complexity index is 331. The first-order chi connectivity index (χ1) is 6.39. The zero-order valence-corrected chi connectivity index (χ0v) is 8.74. The summed E-state index contributed by atoms with van der Waals surface area (Å²) in [6.07, 6.45) is -0.718. The average molecular weight is 223 g/mol. The van der Waals surface area contributed by atoms with E-state index >= 15 is 0 Å². The van der Waals surface area contributed by atoms with Crippen LogP contribution in [0.3, 0.4) is 0 Å². The Morgan fingerprint density at radius 2 is 2.07 bits per heavy atom. The number of hydrogen-bond acceptors (Lipinski definition) is 3. The van der Waals surface area contributed by atoms with E-state index in [1.54, 1.807) is 0 Å². The number of nitrogens with zero attached hydrogens (tertiary/aromatic N) is 1. The van der Waals surface area contributed by atoms with Crippen molar-refractivity contribution in [1.82, 2.24) is 4.31 Å². The second-order valence-electron chi connectivity index (χ2n) is 4.25. The molecule has 2 fully saturated rings. The number of fused-ring (bicyclic) bond motifs is 1. The van der Waals surface area contributed by atoms with Gasteiger partial charge in [0, 0.05) is 19.0 Å². The minimum Gasteiger partial charge on any atom is -0.390 e. The molecule has 1 aliphatic heterocycles. The van der Waals surface area contributed by atoms with Gasteiger partial charge in [-0.1, -0.05) is 0 Å². The molecule has 0 aromatic carbocycles. The largest absolute Gasteiger partial charge is 0.390 e. The third kappa shape index (κ3) is 1.55. The van der Waals surface area contributed by atoms with Gasteiger partial charge in [0.15, 0.2) is 0 Å². The molecule has 2 aliphatic rings. The van der Waals surface area contributed by atoms with Crippen LogP contribution in [0.5, 0.6) is 0 Å². The molecule has 0 spiro atoms. The molecule has 14 heavy (non-hydrogen) atoms. The molecule has 1 aliphatic carbocycles. The van der Waals surface area contributed by atoms with E-state index in [2.05, 4.69) is 0 Å². The second kappa shape index (κ2) is 3.15. The van der Waals surface area contributed by atoms with Crippen LogP contribution in [0.25, 0.3) is 0 Å². The number of aliphatic hydroxyl groups excluding tert-OH is 1. The standard InChI is InChI=1S/C8H14FNO3S/c1-14(12,13)10-3-5-2-7(9)8(11)6(5)4-10/h5-8,11H,2-4H2,1H3/t5?,6?,7-,8-/m1/s1. The topological polar surface area (TPSA) is 57.6 Å². The smallest absolute Gasteiger partial charge is 0.211 e. The highest BCUT2D eigenvalue weighted by molar-refractivity contribution is 7.88. The normalized spacial score (nSPS) is 44.2. The summed E-state index contributed by atoms with van der Waals surface area (Å²) in [5.41, 5.74) is 0. The van der Waals surface area contributed by atoms with E-state index in [4.69, 9.17) is 0 Å². The van der Waals surface area contributed by atoms with Gasteiger partial charge in [-0.2, -0.15) is 0 Å². The van der Waals surface area contributed by atoms with E-state index in [0.29, 0.717) is 6.54 Å². The molecule has 0 aromatic rings. The molecule has 4 nitrogen and oxygen atoms in total. The Balaban J connectivity index is 2.12. The van der Waals surface area contributed by atoms with E-state index < -0.39 is 22.3 Å². The fourth-order valence-corrected chi connectivity index (χ4v) is 3.36. The summed E-state index contributed by atoms with van der Waals surface area (Å²) < 4.78 is 36.8. The minimum atomic E-state index is -3.19. The van der Waals surface area contributed by atoms with Crippen LogP contribution >= 0.6 is 0 Å². The van der Waals surface area contributed by atoms with Crippen LogP contribution in [-0.4, -0.2) is 49.5 Å². The Morgan fingerprint density at radius 3 is 2.57 bits per heavy atom. The molecule has 82 valence electrons. The maximum Gasteiger partial charge on any atom is 0.211 e. The highest BCUT2D eigenvalue weighted by atomic mass is 32.2. The number of sulfonamides is 1. The molecule has 2 rings (SSSR count). The van der Waals surface area contributed by atoms with Crippen molar-refractivity contribution in [2.75, 3.05) is 19.3 Å². The third-order valence-corrected chi connectivity index (χ3v) is 4.50. The summed E-state index contributed by atoms with van der Waals surface area (Å²) in [4.78, 5) is 0. The first kappa shape index (κ1) is 10.3. The molecule has 1 heterocycles. The van der Waals surface area contributed by atoms with Gasteiger partial charge in [0.1, 0.15) is 6.17 Å². The number of alkyl halides is 1. The maximum absolute atomic E-state index is 13.0. The lowest BCUT2D eigenvalue weighted by Crippen LogP contribution is -2.32. The van der Waals surface area contributed by atoms with Gasteiger partial charge in [-0.15, -0.1) is 0 Å². The third-order valence-electron chi connectivity index (χ3n) is 3.26. The van der Waals surface area contributed by atoms with Gasteiger partial charge in [0.25, 0.3) is 0 Å². The van der Waals surface area contributed by atoms with E-state index in [1.807, 2.05) is 0 Å². The molecule has 1 saturated carbocycles. The SMILES string of the molecule is CS(=O)(=O)N1CC2C[C@@H](F)[C@H](O)C2C1. The van der Waals surface area contributed by atoms with Gasteiger partial charge in [-0.05, 0) is 12.3 Å². The van der Waals surface area contributed by atoms with Gasteiger partial charge >= 0.3 is 0 Å². The fourth-order valence-electron chi connectivity index (χ4n) is 2.46. The van der Waals surface area contributed by atoms with Crippen molar-refractivity contribution >= 4 is 10.0 Å². The molecule has 0 aromatic heterocycles. The van der Waals surface area contributed by atoms with Crippen molar-refractivity contribution in [3.05, 3.63) is 0 Å². The molecule has 6 heteroatoms. The summed E-state index contributed by atoms with van der Waals surface area (Å²) in [5.74, 6) is -0.213.